The second-order valence-corrected chi connectivity index (χ2v) is 11.7. The minimum Gasteiger partial charge on any atom is -0.357 e. The van der Waals surface area contributed by atoms with E-state index >= 15 is 0 Å². The zero-order valence-electron chi connectivity index (χ0n) is 21.1. The Morgan fingerprint density at radius 2 is 1.53 bits per heavy atom. The fraction of sp³-hybridized carbons (Fsp3) is 0.259. The molecule has 11 heteroatoms. The Kier molecular flexibility index (Phi) is 10.1. The van der Waals surface area contributed by atoms with E-state index in [4.69, 9.17) is 34.8 Å². The molecule has 1 unspecified atom stereocenters. The van der Waals surface area contributed by atoms with E-state index in [1.54, 1.807) is 49.4 Å². The first-order valence-corrected chi connectivity index (χ1v) is 14.3. The Bertz CT molecular complexity index is 1400. The molecule has 38 heavy (non-hydrogen) atoms. The molecule has 0 saturated heterocycles. The highest BCUT2D eigenvalue weighted by molar-refractivity contribution is 7.92. The minimum atomic E-state index is -4.16. The van der Waals surface area contributed by atoms with Crippen LogP contribution in [0.1, 0.15) is 24.5 Å². The third-order valence-corrected chi connectivity index (χ3v) is 8.62. The molecule has 0 aliphatic carbocycles. The summed E-state index contributed by atoms with van der Waals surface area (Å²) in [5, 5.41) is 3.74. The molecule has 0 spiro atoms. The molecule has 0 saturated carbocycles. The number of nitrogens with zero attached hydrogens (tertiary/aromatic N) is 2. The summed E-state index contributed by atoms with van der Waals surface area (Å²) in [6, 6.07) is 16.5. The van der Waals surface area contributed by atoms with Crippen molar-refractivity contribution in [2.24, 2.45) is 0 Å². The van der Waals surface area contributed by atoms with Gasteiger partial charge in [-0.15, -0.1) is 0 Å². The van der Waals surface area contributed by atoms with Crippen LogP contribution in [0, 0.1) is 6.92 Å². The summed E-state index contributed by atoms with van der Waals surface area (Å²) >= 11 is 18.5. The van der Waals surface area contributed by atoms with E-state index < -0.39 is 28.5 Å². The molecular weight excluding hydrogens is 569 g/mol. The quantitative estimate of drug-likeness (QED) is 0.325. The van der Waals surface area contributed by atoms with E-state index in [2.05, 4.69) is 5.32 Å². The lowest BCUT2D eigenvalue weighted by Crippen LogP contribution is -2.51. The maximum Gasteiger partial charge on any atom is 0.264 e. The largest absolute Gasteiger partial charge is 0.357 e. The first kappa shape index (κ1) is 29.8. The Balaban J connectivity index is 2.07. The number of halogens is 3. The lowest BCUT2D eigenvalue weighted by molar-refractivity contribution is -0.140. The minimum absolute atomic E-state index is 0.0245. The van der Waals surface area contributed by atoms with Gasteiger partial charge in [-0.2, -0.15) is 0 Å². The van der Waals surface area contributed by atoms with E-state index in [1.165, 1.54) is 36.2 Å². The van der Waals surface area contributed by atoms with E-state index in [-0.39, 0.29) is 23.0 Å². The van der Waals surface area contributed by atoms with Crippen LogP contribution >= 0.6 is 34.8 Å². The zero-order valence-corrected chi connectivity index (χ0v) is 24.2. The van der Waals surface area contributed by atoms with Crippen molar-refractivity contribution in [2.75, 3.05) is 17.9 Å². The van der Waals surface area contributed by atoms with Crippen molar-refractivity contribution in [3.05, 3.63) is 92.9 Å². The molecule has 0 fully saturated rings. The number of carbonyl (C=O) groups excluding carboxylic acids is 2. The highest BCUT2D eigenvalue weighted by Gasteiger charge is 2.33. The molecule has 202 valence electrons. The number of sulfonamides is 1. The van der Waals surface area contributed by atoms with Crippen molar-refractivity contribution in [3.63, 3.8) is 0 Å². The van der Waals surface area contributed by atoms with Crippen LogP contribution < -0.4 is 9.62 Å². The number of likely N-dealkylation sites (N-methyl/N-ethyl adjacent to an activating group) is 1. The standard InChI is InChI=1S/C27H28Cl3N3O4S/c1-4-25(27(35)31-3)32(16-19-7-8-21(29)15-24(19)30)26(34)17-33(22-11-9-20(28)10-12-22)38(36,37)23-13-5-18(2)6-14-23/h5-15,25H,4,16-17H2,1-3H3,(H,31,35). The number of hydrogen-bond acceptors (Lipinski definition) is 4. The van der Waals surface area contributed by atoms with Crippen LogP contribution in [0.25, 0.3) is 0 Å². The monoisotopic (exact) mass is 595 g/mol. The van der Waals surface area contributed by atoms with Crippen molar-refractivity contribution in [1.82, 2.24) is 10.2 Å². The Hall–Kier alpha value is -2.78. The molecule has 0 aliphatic heterocycles. The van der Waals surface area contributed by atoms with Gasteiger partial charge in [0.1, 0.15) is 12.6 Å². The summed E-state index contributed by atoms with van der Waals surface area (Å²) in [5.41, 5.74) is 1.70. The highest BCUT2D eigenvalue weighted by Crippen LogP contribution is 2.28. The number of aryl methyl sites for hydroxylation is 1. The third-order valence-electron chi connectivity index (χ3n) is 5.99. The van der Waals surface area contributed by atoms with Gasteiger partial charge in [0.05, 0.1) is 10.6 Å². The van der Waals surface area contributed by atoms with E-state index in [0.717, 1.165) is 9.87 Å². The fourth-order valence-electron chi connectivity index (χ4n) is 3.89. The number of hydrogen-bond donors (Lipinski definition) is 1. The van der Waals surface area contributed by atoms with Crippen LogP contribution in [0.15, 0.2) is 71.6 Å². The predicted molar refractivity (Wildman–Crippen MR) is 152 cm³/mol. The average Bonchev–Trinajstić information content (AvgIpc) is 2.88. The molecule has 7 nitrogen and oxygen atoms in total. The molecule has 0 bridgehead atoms. The zero-order chi connectivity index (χ0) is 28.0. The van der Waals surface area contributed by atoms with Gasteiger partial charge in [0, 0.05) is 28.7 Å². The lowest BCUT2D eigenvalue weighted by Gasteiger charge is -2.33. The predicted octanol–water partition coefficient (Wildman–Crippen LogP) is 5.70. The summed E-state index contributed by atoms with van der Waals surface area (Å²) in [7, 11) is -2.68. The molecule has 3 aromatic rings. The van der Waals surface area contributed by atoms with Crippen LogP contribution in [0.3, 0.4) is 0 Å². The Labute approximate surface area is 238 Å². The maximum absolute atomic E-state index is 13.9. The van der Waals surface area contributed by atoms with E-state index in [9.17, 15) is 18.0 Å². The van der Waals surface area contributed by atoms with E-state index in [0.29, 0.717) is 27.1 Å². The topological polar surface area (TPSA) is 86.8 Å². The van der Waals surface area contributed by atoms with Crippen LogP contribution in [0.5, 0.6) is 0 Å². The molecule has 3 rings (SSSR count). The molecule has 1 atom stereocenters. The van der Waals surface area contributed by atoms with Gasteiger partial charge in [-0.05, 0) is 67.4 Å². The van der Waals surface area contributed by atoms with Gasteiger partial charge >= 0.3 is 0 Å². The van der Waals surface area contributed by atoms with Gasteiger partial charge < -0.3 is 10.2 Å². The first-order chi connectivity index (χ1) is 18.0. The van der Waals surface area contributed by atoms with Gasteiger partial charge in [0.25, 0.3) is 10.0 Å². The summed E-state index contributed by atoms with van der Waals surface area (Å²) in [6.45, 7) is 3.03. The molecule has 1 N–H and O–H groups in total. The van der Waals surface area contributed by atoms with Gasteiger partial charge in [0.15, 0.2) is 0 Å². The highest BCUT2D eigenvalue weighted by atomic mass is 35.5. The number of carbonyl (C=O) groups is 2. The van der Waals surface area contributed by atoms with Gasteiger partial charge in [-0.3, -0.25) is 13.9 Å². The van der Waals surface area contributed by atoms with E-state index in [1.807, 2.05) is 6.92 Å². The molecule has 0 heterocycles. The Morgan fingerprint density at radius 3 is 2.08 bits per heavy atom. The van der Waals surface area contributed by atoms with Crippen molar-refractivity contribution >= 4 is 62.3 Å². The van der Waals surface area contributed by atoms with Crippen molar-refractivity contribution in [2.45, 2.75) is 37.8 Å². The second-order valence-electron chi connectivity index (χ2n) is 8.60. The van der Waals surface area contributed by atoms with Crippen LogP contribution in [0.2, 0.25) is 15.1 Å². The van der Waals surface area contributed by atoms with Crippen molar-refractivity contribution < 1.29 is 18.0 Å². The fourth-order valence-corrected chi connectivity index (χ4v) is 5.90. The van der Waals surface area contributed by atoms with Crippen LogP contribution in [-0.2, 0) is 26.2 Å². The van der Waals surface area contributed by atoms with Crippen LogP contribution in [-0.4, -0.2) is 44.8 Å². The van der Waals surface area contributed by atoms with Crippen LogP contribution in [0.4, 0.5) is 5.69 Å². The number of nitrogens with one attached hydrogen (secondary N) is 1. The van der Waals surface area contributed by atoms with Crippen molar-refractivity contribution in [1.29, 1.82) is 0 Å². The third kappa shape index (κ3) is 6.99. The SMILES string of the molecule is CCC(C(=O)NC)N(Cc1ccc(Cl)cc1Cl)C(=O)CN(c1ccc(Cl)cc1)S(=O)(=O)c1ccc(C)cc1. The summed E-state index contributed by atoms with van der Waals surface area (Å²) < 4.78 is 28.6. The lowest BCUT2D eigenvalue weighted by atomic mass is 10.1. The molecule has 0 radical (unpaired) electrons. The molecular formula is C27H28Cl3N3O4S. The smallest absolute Gasteiger partial charge is 0.264 e. The maximum atomic E-state index is 13.9. The summed E-state index contributed by atoms with van der Waals surface area (Å²) in [5.74, 6) is -0.970. The van der Waals surface area contributed by atoms with Gasteiger partial charge in [-0.1, -0.05) is 65.5 Å². The number of anilines is 1. The number of amides is 2. The average molecular weight is 597 g/mol. The second kappa shape index (κ2) is 12.8. The first-order valence-electron chi connectivity index (χ1n) is 11.8. The van der Waals surface area contributed by atoms with Crippen molar-refractivity contribution in [3.8, 4) is 0 Å². The summed E-state index contributed by atoms with van der Waals surface area (Å²) in [6.07, 6.45) is 0.294. The Morgan fingerprint density at radius 1 is 0.921 bits per heavy atom. The number of benzene rings is 3. The normalized spacial score (nSPS) is 12.1. The van der Waals surface area contributed by atoms with Gasteiger partial charge in [0.2, 0.25) is 11.8 Å². The molecule has 0 aliphatic rings. The molecule has 3 aromatic carbocycles. The molecule has 0 aromatic heterocycles. The molecule has 2 amide bonds. The summed E-state index contributed by atoms with van der Waals surface area (Å²) in [4.78, 5) is 28.0. The van der Waals surface area contributed by atoms with Gasteiger partial charge in [-0.25, -0.2) is 8.42 Å². The number of rotatable bonds is 10.